The maximum absolute atomic E-state index is 14.6. The van der Waals surface area contributed by atoms with Gasteiger partial charge in [-0.3, -0.25) is 9.59 Å². The molecular weight excluding hydrogens is 412 g/mol. The molecule has 2 aromatic rings. The predicted molar refractivity (Wildman–Crippen MR) is 116 cm³/mol. The monoisotopic (exact) mass is 433 g/mol. The number of benzene rings is 2. The Balaban J connectivity index is 2.33. The molecule has 0 aliphatic heterocycles. The molecule has 0 aliphatic rings. The Kier molecular flexibility index (Phi) is 7.54. The SMILES string of the molecule is CC(=N)CC(=S)Nc1cc(NC(Cc2ccc(F)cc2)C(N)=O)c(F)cc1C(N)=O. The fraction of sp³-hybridized carbons (Fsp3) is 0.200. The summed E-state index contributed by atoms with van der Waals surface area (Å²) in [4.78, 5) is 23.8. The molecule has 30 heavy (non-hydrogen) atoms. The topological polar surface area (TPSA) is 134 Å². The van der Waals surface area contributed by atoms with Crippen molar-refractivity contribution in [3.8, 4) is 0 Å². The average molecular weight is 433 g/mol. The number of primary amides is 2. The number of anilines is 2. The Hall–Kier alpha value is -3.40. The minimum absolute atomic E-state index is 0.0841. The van der Waals surface area contributed by atoms with Gasteiger partial charge in [0.2, 0.25) is 5.91 Å². The highest BCUT2D eigenvalue weighted by Crippen LogP contribution is 2.26. The third-order valence-electron chi connectivity index (χ3n) is 4.10. The fourth-order valence-corrected chi connectivity index (χ4v) is 3.02. The number of carbonyl (C=O) groups excluding carboxylic acids is 2. The van der Waals surface area contributed by atoms with Gasteiger partial charge in [-0.25, -0.2) is 8.78 Å². The van der Waals surface area contributed by atoms with Crippen LogP contribution in [0.5, 0.6) is 0 Å². The number of rotatable bonds is 9. The molecular formula is C20H21F2N5O2S. The zero-order chi connectivity index (χ0) is 22.4. The summed E-state index contributed by atoms with van der Waals surface area (Å²) in [5.74, 6) is -2.88. The molecule has 2 aromatic carbocycles. The molecule has 0 saturated carbocycles. The van der Waals surface area contributed by atoms with E-state index in [2.05, 4.69) is 10.6 Å². The van der Waals surface area contributed by atoms with E-state index < -0.39 is 29.5 Å². The molecule has 0 saturated heterocycles. The molecule has 0 spiro atoms. The van der Waals surface area contributed by atoms with Gasteiger partial charge in [0, 0.05) is 18.6 Å². The van der Waals surface area contributed by atoms with E-state index in [1.165, 1.54) is 30.3 Å². The molecule has 1 unspecified atom stereocenters. The van der Waals surface area contributed by atoms with Crippen molar-refractivity contribution in [2.75, 3.05) is 10.6 Å². The van der Waals surface area contributed by atoms with E-state index in [-0.39, 0.29) is 34.8 Å². The van der Waals surface area contributed by atoms with Crippen LogP contribution in [-0.2, 0) is 11.2 Å². The Morgan fingerprint density at radius 1 is 1.13 bits per heavy atom. The van der Waals surface area contributed by atoms with Gasteiger partial charge in [0.1, 0.15) is 17.7 Å². The standard InChI is InChI=1S/C20H21F2N5O2S/c1-10(23)6-18(30)27-15-9-16(14(22)8-13(15)19(24)28)26-17(20(25)29)7-11-2-4-12(21)5-3-11/h2-5,8-9,17,23,26H,6-7H2,1H3,(H2,24,28)(H2,25,29)(H,27,30). The lowest BCUT2D eigenvalue weighted by atomic mass is 10.0. The van der Waals surface area contributed by atoms with Crippen LogP contribution in [0.15, 0.2) is 36.4 Å². The summed E-state index contributed by atoms with van der Waals surface area (Å²) in [6.45, 7) is 1.56. The summed E-state index contributed by atoms with van der Waals surface area (Å²) in [6, 6.07) is 6.63. The second-order valence-corrected chi connectivity index (χ2v) is 7.17. The maximum atomic E-state index is 14.6. The molecule has 0 fully saturated rings. The van der Waals surface area contributed by atoms with Crippen LogP contribution in [0.4, 0.5) is 20.2 Å². The van der Waals surface area contributed by atoms with Crippen LogP contribution in [0.1, 0.15) is 29.3 Å². The van der Waals surface area contributed by atoms with E-state index in [0.717, 1.165) is 6.07 Å². The lowest BCUT2D eigenvalue weighted by Gasteiger charge is -2.19. The zero-order valence-corrected chi connectivity index (χ0v) is 16.9. The second kappa shape index (κ2) is 9.88. The maximum Gasteiger partial charge on any atom is 0.250 e. The van der Waals surface area contributed by atoms with Gasteiger partial charge < -0.3 is 27.5 Å². The molecule has 0 bridgehead atoms. The van der Waals surface area contributed by atoms with Crippen LogP contribution in [0, 0.1) is 17.0 Å². The third kappa shape index (κ3) is 6.31. The van der Waals surface area contributed by atoms with Crippen molar-refractivity contribution in [2.45, 2.75) is 25.8 Å². The molecule has 2 rings (SSSR count). The first-order valence-electron chi connectivity index (χ1n) is 8.84. The van der Waals surface area contributed by atoms with Crippen molar-refractivity contribution in [3.63, 3.8) is 0 Å². The van der Waals surface area contributed by atoms with E-state index in [9.17, 15) is 18.4 Å². The van der Waals surface area contributed by atoms with Crippen LogP contribution >= 0.6 is 12.2 Å². The Labute approximate surface area is 177 Å². The highest BCUT2D eigenvalue weighted by atomic mass is 32.1. The molecule has 7 N–H and O–H groups in total. The summed E-state index contributed by atoms with van der Waals surface area (Å²) in [6.07, 6.45) is 0.225. The highest BCUT2D eigenvalue weighted by molar-refractivity contribution is 7.80. The van der Waals surface area contributed by atoms with Crippen LogP contribution in [-0.4, -0.2) is 28.6 Å². The van der Waals surface area contributed by atoms with Crippen molar-refractivity contribution < 1.29 is 18.4 Å². The summed E-state index contributed by atoms with van der Waals surface area (Å²) >= 11 is 5.14. The lowest BCUT2D eigenvalue weighted by Crippen LogP contribution is -2.37. The van der Waals surface area contributed by atoms with E-state index in [1.807, 2.05) is 0 Å². The summed E-state index contributed by atoms with van der Waals surface area (Å²) in [5, 5.41) is 13.0. The molecule has 0 heterocycles. The largest absolute Gasteiger partial charge is 0.371 e. The normalized spacial score (nSPS) is 11.4. The van der Waals surface area contributed by atoms with Crippen molar-refractivity contribution in [2.24, 2.45) is 11.5 Å². The van der Waals surface area contributed by atoms with Gasteiger partial charge in [-0.1, -0.05) is 24.4 Å². The highest BCUT2D eigenvalue weighted by Gasteiger charge is 2.21. The molecule has 158 valence electrons. The molecule has 0 radical (unpaired) electrons. The lowest BCUT2D eigenvalue weighted by molar-refractivity contribution is -0.118. The van der Waals surface area contributed by atoms with E-state index in [1.54, 1.807) is 6.92 Å². The molecule has 0 aliphatic carbocycles. The van der Waals surface area contributed by atoms with Gasteiger partial charge in [0.25, 0.3) is 5.91 Å². The molecule has 1 atom stereocenters. The van der Waals surface area contributed by atoms with Gasteiger partial charge in [0.05, 0.1) is 21.9 Å². The van der Waals surface area contributed by atoms with Crippen molar-refractivity contribution in [1.82, 2.24) is 0 Å². The number of hydrogen-bond acceptors (Lipinski definition) is 5. The van der Waals surface area contributed by atoms with Crippen molar-refractivity contribution in [3.05, 3.63) is 59.2 Å². The predicted octanol–water partition coefficient (Wildman–Crippen LogP) is 2.74. The number of halogens is 2. The molecule has 10 heteroatoms. The number of hydrogen-bond donors (Lipinski definition) is 5. The fourth-order valence-electron chi connectivity index (χ4n) is 2.69. The van der Waals surface area contributed by atoms with Crippen LogP contribution in [0.2, 0.25) is 0 Å². The van der Waals surface area contributed by atoms with Gasteiger partial charge >= 0.3 is 0 Å². The minimum atomic E-state index is -1.01. The summed E-state index contributed by atoms with van der Waals surface area (Å²) < 4.78 is 27.7. The first kappa shape index (κ1) is 22.9. The number of nitrogens with one attached hydrogen (secondary N) is 3. The van der Waals surface area contributed by atoms with Gasteiger partial charge in [0.15, 0.2) is 0 Å². The first-order chi connectivity index (χ1) is 14.1. The number of amides is 2. The van der Waals surface area contributed by atoms with Crippen molar-refractivity contribution in [1.29, 1.82) is 5.41 Å². The second-order valence-electron chi connectivity index (χ2n) is 6.68. The number of thiocarbonyl (C=S) groups is 1. The van der Waals surface area contributed by atoms with Gasteiger partial charge in [-0.2, -0.15) is 0 Å². The summed E-state index contributed by atoms with van der Waals surface area (Å²) in [7, 11) is 0. The average Bonchev–Trinajstić information content (AvgIpc) is 2.64. The zero-order valence-electron chi connectivity index (χ0n) is 16.1. The third-order valence-corrected chi connectivity index (χ3v) is 4.35. The van der Waals surface area contributed by atoms with Gasteiger partial charge in [-0.15, -0.1) is 0 Å². The molecule has 7 nitrogen and oxygen atoms in total. The van der Waals surface area contributed by atoms with Crippen LogP contribution in [0.25, 0.3) is 0 Å². The van der Waals surface area contributed by atoms with E-state index in [4.69, 9.17) is 29.1 Å². The molecule has 2 amide bonds. The minimum Gasteiger partial charge on any atom is -0.371 e. The number of nitrogens with two attached hydrogens (primary N) is 2. The van der Waals surface area contributed by atoms with E-state index in [0.29, 0.717) is 11.3 Å². The van der Waals surface area contributed by atoms with E-state index >= 15 is 0 Å². The summed E-state index contributed by atoms with van der Waals surface area (Å²) in [5.41, 5.74) is 11.5. The van der Waals surface area contributed by atoms with Crippen molar-refractivity contribution >= 4 is 46.1 Å². The Morgan fingerprint density at radius 2 is 1.77 bits per heavy atom. The molecule has 0 aromatic heterocycles. The smallest absolute Gasteiger partial charge is 0.250 e. The Morgan fingerprint density at radius 3 is 2.30 bits per heavy atom. The first-order valence-corrected chi connectivity index (χ1v) is 9.25. The quantitative estimate of drug-likeness (QED) is 0.306. The van der Waals surface area contributed by atoms with Gasteiger partial charge in [-0.05, 0) is 36.8 Å². The van der Waals surface area contributed by atoms with Crippen LogP contribution < -0.4 is 22.1 Å². The Bertz CT molecular complexity index is 995. The number of carbonyl (C=O) groups is 2. The van der Waals surface area contributed by atoms with Crippen LogP contribution in [0.3, 0.4) is 0 Å².